The van der Waals surface area contributed by atoms with Crippen molar-refractivity contribution in [1.82, 2.24) is 14.8 Å². The molecule has 1 aromatic carbocycles. The highest BCUT2D eigenvalue weighted by atomic mass is 16.5. The predicted octanol–water partition coefficient (Wildman–Crippen LogP) is 6.26. The van der Waals surface area contributed by atoms with Gasteiger partial charge in [0.15, 0.2) is 5.82 Å². The van der Waals surface area contributed by atoms with E-state index in [1.165, 1.54) is 24.8 Å². The molecule has 1 atom stereocenters. The summed E-state index contributed by atoms with van der Waals surface area (Å²) in [7, 11) is 0. The molecule has 1 amide bonds. The van der Waals surface area contributed by atoms with Crippen molar-refractivity contribution in [3.05, 3.63) is 41.0 Å². The molecule has 0 radical (unpaired) electrons. The summed E-state index contributed by atoms with van der Waals surface area (Å²) in [5, 5.41) is 12.3. The summed E-state index contributed by atoms with van der Waals surface area (Å²) in [6, 6.07) is 6.52. The molecule has 0 spiro atoms. The number of nitrogens with zero attached hydrogens (tertiary/aromatic N) is 3. The number of aromatic nitrogens is 3. The molecule has 2 aliphatic carbocycles. The number of anilines is 1. The highest BCUT2D eigenvalue weighted by Gasteiger charge is 2.40. The second-order valence-corrected chi connectivity index (χ2v) is 10.9. The Kier molecular flexibility index (Phi) is 7.22. The number of amides is 1. The fourth-order valence-corrected chi connectivity index (χ4v) is 5.18. The van der Waals surface area contributed by atoms with Crippen LogP contribution in [0.1, 0.15) is 107 Å². The number of hydrogen-bond donors (Lipinski definition) is 1. The van der Waals surface area contributed by atoms with Crippen LogP contribution in [0.4, 0.5) is 5.69 Å². The lowest BCUT2D eigenvalue weighted by molar-refractivity contribution is -0.120. The van der Waals surface area contributed by atoms with Gasteiger partial charge in [-0.2, -0.15) is 0 Å². The first-order valence-electron chi connectivity index (χ1n) is 12.7. The van der Waals surface area contributed by atoms with Crippen molar-refractivity contribution >= 4 is 11.6 Å². The fourth-order valence-electron chi connectivity index (χ4n) is 5.18. The third-order valence-electron chi connectivity index (χ3n) is 6.82. The highest BCUT2D eigenvalue weighted by Crippen LogP contribution is 2.47. The van der Waals surface area contributed by atoms with Gasteiger partial charge in [-0.15, -0.1) is 10.2 Å². The molecule has 0 unspecified atom stereocenters. The van der Waals surface area contributed by atoms with Gasteiger partial charge < -0.3 is 14.6 Å². The standard InChI is InChI=1S/C27H40N4O2/c1-16(2)11-20-13-21(14-20)26-29-30-27(31(26)22-8-9-22)24(33-17(3)4)15-25(32)28-23-10-7-18(5)12-19(23)6/h7,10,12,16-17,20-22,24H,8-9,11,13-15H2,1-6H3,(H,28,32)/t20-,21+,24-/m0/s1. The van der Waals surface area contributed by atoms with E-state index in [0.29, 0.717) is 12.0 Å². The Hall–Kier alpha value is -2.21. The lowest BCUT2D eigenvalue weighted by Gasteiger charge is -2.36. The Morgan fingerprint density at radius 1 is 1.15 bits per heavy atom. The van der Waals surface area contributed by atoms with Crippen LogP contribution >= 0.6 is 0 Å². The molecule has 0 saturated heterocycles. The fraction of sp³-hybridized carbons (Fsp3) is 0.667. The molecular weight excluding hydrogens is 412 g/mol. The molecule has 6 nitrogen and oxygen atoms in total. The average molecular weight is 453 g/mol. The Balaban J connectivity index is 1.51. The van der Waals surface area contributed by atoms with Gasteiger partial charge in [-0.05, 0) is 83.3 Å². The minimum Gasteiger partial charge on any atom is -0.367 e. The Morgan fingerprint density at radius 2 is 1.88 bits per heavy atom. The van der Waals surface area contributed by atoms with Gasteiger partial charge in [0.25, 0.3) is 0 Å². The maximum absolute atomic E-state index is 13.0. The molecule has 0 aliphatic heterocycles. The number of aryl methyl sites for hydroxylation is 2. The molecule has 1 N–H and O–H groups in total. The van der Waals surface area contributed by atoms with Gasteiger partial charge in [0.1, 0.15) is 11.9 Å². The van der Waals surface area contributed by atoms with Crippen LogP contribution in [-0.4, -0.2) is 26.8 Å². The van der Waals surface area contributed by atoms with Crippen molar-refractivity contribution in [3.63, 3.8) is 0 Å². The second-order valence-electron chi connectivity index (χ2n) is 10.9. The van der Waals surface area contributed by atoms with Crippen molar-refractivity contribution in [2.75, 3.05) is 5.32 Å². The van der Waals surface area contributed by atoms with E-state index in [1.807, 2.05) is 32.9 Å². The van der Waals surface area contributed by atoms with E-state index in [-0.39, 0.29) is 18.4 Å². The molecule has 2 aliphatic rings. The van der Waals surface area contributed by atoms with Gasteiger partial charge in [-0.3, -0.25) is 4.79 Å². The molecule has 0 bridgehead atoms. The van der Waals surface area contributed by atoms with Gasteiger partial charge in [0.05, 0.1) is 12.5 Å². The summed E-state index contributed by atoms with van der Waals surface area (Å²) in [5.74, 6) is 3.91. The molecule has 33 heavy (non-hydrogen) atoms. The SMILES string of the molecule is Cc1ccc(NC(=O)C[C@H](OC(C)C)c2nnc([C@H]3C[C@@H](CC(C)C)C3)n2C2CC2)c(C)c1. The summed E-state index contributed by atoms with van der Waals surface area (Å²) in [6.45, 7) is 12.7. The summed E-state index contributed by atoms with van der Waals surface area (Å²) in [6.07, 6.45) is 5.83. The molecular formula is C27H40N4O2. The van der Waals surface area contributed by atoms with Crippen molar-refractivity contribution in [2.24, 2.45) is 11.8 Å². The molecule has 1 aromatic heterocycles. The molecule has 2 aromatic rings. The van der Waals surface area contributed by atoms with Crippen LogP contribution in [0, 0.1) is 25.7 Å². The predicted molar refractivity (Wildman–Crippen MR) is 131 cm³/mol. The van der Waals surface area contributed by atoms with Gasteiger partial charge in [-0.1, -0.05) is 31.5 Å². The van der Waals surface area contributed by atoms with Crippen LogP contribution < -0.4 is 5.32 Å². The largest absolute Gasteiger partial charge is 0.367 e. The first-order chi connectivity index (χ1) is 15.7. The zero-order chi connectivity index (χ0) is 23.7. The molecule has 1 heterocycles. The third-order valence-corrected chi connectivity index (χ3v) is 6.82. The zero-order valence-electron chi connectivity index (χ0n) is 21.1. The van der Waals surface area contributed by atoms with Gasteiger partial charge >= 0.3 is 0 Å². The zero-order valence-corrected chi connectivity index (χ0v) is 21.1. The number of ether oxygens (including phenoxy) is 1. The quantitative estimate of drug-likeness (QED) is 0.462. The maximum Gasteiger partial charge on any atom is 0.227 e. The molecule has 4 rings (SSSR count). The number of nitrogens with one attached hydrogen (secondary N) is 1. The molecule has 180 valence electrons. The summed E-state index contributed by atoms with van der Waals surface area (Å²) in [5.41, 5.74) is 3.10. The van der Waals surface area contributed by atoms with Crippen LogP contribution in [-0.2, 0) is 9.53 Å². The summed E-state index contributed by atoms with van der Waals surface area (Å²) >= 11 is 0. The topological polar surface area (TPSA) is 69.0 Å². The lowest BCUT2D eigenvalue weighted by atomic mass is 9.71. The third kappa shape index (κ3) is 5.84. The van der Waals surface area contributed by atoms with Crippen LogP contribution in [0.2, 0.25) is 0 Å². The summed E-state index contributed by atoms with van der Waals surface area (Å²) < 4.78 is 8.57. The van der Waals surface area contributed by atoms with Crippen molar-refractivity contribution in [3.8, 4) is 0 Å². The van der Waals surface area contributed by atoms with Gasteiger partial charge in [0.2, 0.25) is 5.91 Å². The van der Waals surface area contributed by atoms with Crippen molar-refractivity contribution in [2.45, 2.75) is 104 Å². The molecule has 2 saturated carbocycles. The lowest BCUT2D eigenvalue weighted by Crippen LogP contribution is -2.27. The monoisotopic (exact) mass is 452 g/mol. The number of hydrogen-bond acceptors (Lipinski definition) is 4. The molecule has 2 fully saturated rings. The first-order valence-corrected chi connectivity index (χ1v) is 12.7. The van der Waals surface area contributed by atoms with Crippen molar-refractivity contribution in [1.29, 1.82) is 0 Å². The number of carbonyl (C=O) groups is 1. The van der Waals surface area contributed by atoms with Crippen LogP contribution in [0.25, 0.3) is 0 Å². The van der Waals surface area contributed by atoms with E-state index in [0.717, 1.165) is 47.6 Å². The highest BCUT2D eigenvalue weighted by molar-refractivity contribution is 5.91. The maximum atomic E-state index is 13.0. The van der Waals surface area contributed by atoms with E-state index in [4.69, 9.17) is 4.74 Å². The average Bonchev–Trinajstić information content (AvgIpc) is 3.44. The minimum atomic E-state index is -0.399. The van der Waals surface area contributed by atoms with E-state index in [9.17, 15) is 4.79 Å². The van der Waals surface area contributed by atoms with Crippen molar-refractivity contribution < 1.29 is 9.53 Å². The Labute approximate surface area is 198 Å². The van der Waals surface area contributed by atoms with Gasteiger partial charge in [0, 0.05) is 17.6 Å². The number of benzene rings is 1. The van der Waals surface area contributed by atoms with E-state index < -0.39 is 6.10 Å². The Bertz CT molecular complexity index is 970. The first kappa shape index (κ1) is 23.9. The minimum absolute atomic E-state index is 0.00385. The van der Waals surface area contributed by atoms with Crippen LogP contribution in [0.3, 0.4) is 0 Å². The number of carbonyl (C=O) groups excluding carboxylic acids is 1. The number of rotatable bonds is 10. The Morgan fingerprint density at radius 3 is 2.48 bits per heavy atom. The smallest absolute Gasteiger partial charge is 0.227 e. The van der Waals surface area contributed by atoms with Crippen LogP contribution in [0.5, 0.6) is 0 Å². The van der Waals surface area contributed by atoms with E-state index in [1.54, 1.807) is 0 Å². The van der Waals surface area contributed by atoms with Gasteiger partial charge in [-0.25, -0.2) is 0 Å². The normalized spacial score (nSPS) is 21.3. The van der Waals surface area contributed by atoms with E-state index in [2.05, 4.69) is 46.9 Å². The van der Waals surface area contributed by atoms with Crippen LogP contribution in [0.15, 0.2) is 18.2 Å². The second kappa shape index (κ2) is 9.96. The van der Waals surface area contributed by atoms with E-state index >= 15 is 0 Å². The molecule has 6 heteroatoms. The summed E-state index contributed by atoms with van der Waals surface area (Å²) in [4.78, 5) is 13.0.